The van der Waals surface area contributed by atoms with Crippen LogP contribution >= 0.6 is 0 Å². The summed E-state index contributed by atoms with van der Waals surface area (Å²) in [7, 11) is 0. The van der Waals surface area contributed by atoms with E-state index in [9.17, 15) is 9.59 Å². The van der Waals surface area contributed by atoms with Gasteiger partial charge in [0.2, 0.25) is 5.91 Å². The first-order chi connectivity index (χ1) is 14.0. The Balaban J connectivity index is 1.48. The Morgan fingerprint density at radius 1 is 0.966 bits per heavy atom. The van der Waals surface area contributed by atoms with Gasteiger partial charge in [-0.25, -0.2) is 0 Å². The highest BCUT2D eigenvalue weighted by Gasteiger charge is 2.21. The summed E-state index contributed by atoms with van der Waals surface area (Å²) >= 11 is 0. The van der Waals surface area contributed by atoms with Crippen molar-refractivity contribution in [1.29, 1.82) is 0 Å². The van der Waals surface area contributed by atoms with Crippen LogP contribution in [0.2, 0.25) is 0 Å². The second-order valence-corrected chi connectivity index (χ2v) is 7.81. The average molecular weight is 394 g/mol. The Kier molecular flexibility index (Phi) is 7.04. The molecule has 1 saturated heterocycles. The number of benzene rings is 2. The van der Waals surface area contributed by atoms with E-state index in [1.165, 1.54) is 5.56 Å². The molecule has 0 unspecified atom stereocenters. The van der Waals surface area contributed by atoms with Crippen molar-refractivity contribution < 1.29 is 9.59 Å². The SMILES string of the molecule is CC[C@H](NC(=O)CN1CCN(c2ccc(C(C)=O)cc2)CC1)c1ccc(C)cc1. The molecule has 0 spiro atoms. The fourth-order valence-electron chi connectivity index (χ4n) is 3.73. The van der Waals surface area contributed by atoms with Crippen molar-refractivity contribution in [3.05, 3.63) is 65.2 Å². The van der Waals surface area contributed by atoms with E-state index in [-0.39, 0.29) is 17.7 Å². The van der Waals surface area contributed by atoms with E-state index in [1.807, 2.05) is 24.3 Å². The van der Waals surface area contributed by atoms with Gasteiger partial charge in [-0.15, -0.1) is 0 Å². The maximum Gasteiger partial charge on any atom is 0.234 e. The lowest BCUT2D eigenvalue weighted by Crippen LogP contribution is -2.49. The van der Waals surface area contributed by atoms with Crippen LogP contribution in [0.15, 0.2) is 48.5 Å². The maximum absolute atomic E-state index is 12.6. The summed E-state index contributed by atoms with van der Waals surface area (Å²) in [5, 5.41) is 3.18. The van der Waals surface area contributed by atoms with E-state index in [1.54, 1.807) is 6.92 Å². The maximum atomic E-state index is 12.6. The Morgan fingerprint density at radius 2 is 1.59 bits per heavy atom. The van der Waals surface area contributed by atoms with Gasteiger partial charge in [0.25, 0.3) is 0 Å². The van der Waals surface area contributed by atoms with Gasteiger partial charge >= 0.3 is 0 Å². The van der Waals surface area contributed by atoms with Crippen LogP contribution in [0, 0.1) is 6.92 Å². The molecule has 1 aliphatic rings. The van der Waals surface area contributed by atoms with Crippen LogP contribution < -0.4 is 10.2 Å². The number of carbonyl (C=O) groups is 2. The highest BCUT2D eigenvalue weighted by molar-refractivity contribution is 5.94. The number of ketones is 1. The number of Topliss-reactive ketones (excluding diaryl/α,β-unsaturated/α-hetero) is 1. The molecule has 1 N–H and O–H groups in total. The predicted octanol–water partition coefficient (Wildman–Crippen LogP) is 3.59. The minimum atomic E-state index is 0.0594. The van der Waals surface area contributed by atoms with Gasteiger partial charge in [-0.3, -0.25) is 14.5 Å². The molecular weight excluding hydrogens is 362 g/mol. The quantitative estimate of drug-likeness (QED) is 0.731. The molecule has 2 aromatic rings. The topological polar surface area (TPSA) is 52.7 Å². The fraction of sp³-hybridized carbons (Fsp3) is 0.417. The first-order valence-corrected chi connectivity index (χ1v) is 10.4. The Labute approximate surface area is 173 Å². The van der Waals surface area contributed by atoms with Crippen molar-refractivity contribution >= 4 is 17.4 Å². The highest BCUT2D eigenvalue weighted by Crippen LogP contribution is 2.19. The molecule has 0 radical (unpaired) electrons. The Bertz CT molecular complexity index is 822. The van der Waals surface area contributed by atoms with Gasteiger partial charge in [-0.05, 0) is 50.1 Å². The summed E-state index contributed by atoms with van der Waals surface area (Å²) in [4.78, 5) is 28.5. The van der Waals surface area contributed by atoms with Gasteiger partial charge in [0.1, 0.15) is 0 Å². The smallest absolute Gasteiger partial charge is 0.234 e. The van der Waals surface area contributed by atoms with Crippen LogP contribution in [0.25, 0.3) is 0 Å². The van der Waals surface area contributed by atoms with E-state index in [0.717, 1.165) is 49.4 Å². The zero-order chi connectivity index (χ0) is 20.8. The summed E-state index contributed by atoms with van der Waals surface area (Å²) in [6.07, 6.45) is 0.874. The monoisotopic (exact) mass is 393 g/mol. The number of nitrogens with one attached hydrogen (secondary N) is 1. The molecule has 5 nitrogen and oxygen atoms in total. The van der Waals surface area contributed by atoms with Crippen molar-refractivity contribution in [2.45, 2.75) is 33.2 Å². The van der Waals surface area contributed by atoms with Gasteiger partial charge < -0.3 is 10.2 Å². The molecule has 3 rings (SSSR count). The van der Waals surface area contributed by atoms with Crippen LogP contribution in [0.5, 0.6) is 0 Å². The number of aryl methyl sites for hydroxylation is 1. The number of amides is 1. The Hall–Kier alpha value is -2.66. The summed E-state index contributed by atoms with van der Waals surface area (Å²) in [6, 6.07) is 16.2. The van der Waals surface area contributed by atoms with E-state index in [4.69, 9.17) is 0 Å². The van der Waals surface area contributed by atoms with Gasteiger partial charge in [-0.2, -0.15) is 0 Å². The predicted molar refractivity (Wildman–Crippen MR) is 117 cm³/mol. The summed E-state index contributed by atoms with van der Waals surface area (Å²) in [6.45, 7) is 9.64. The van der Waals surface area contributed by atoms with Crippen LogP contribution in [0.3, 0.4) is 0 Å². The third-order valence-corrected chi connectivity index (χ3v) is 5.60. The number of anilines is 1. The molecule has 0 aromatic heterocycles. The minimum absolute atomic E-state index is 0.0594. The molecular formula is C24H31N3O2. The van der Waals surface area contributed by atoms with E-state index in [2.05, 4.69) is 53.2 Å². The number of rotatable bonds is 7. The van der Waals surface area contributed by atoms with Crippen LogP contribution in [0.1, 0.15) is 47.8 Å². The molecule has 1 amide bonds. The first kappa shape index (κ1) is 21.1. The lowest BCUT2D eigenvalue weighted by atomic mass is 10.0. The second-order valence-electron chi connectivity index (χ2n) is 7.81. The molecule has 1 fully saturated rings. The van der Waals surface area contributed by atoms with Gasteiger partial charge in [0.15, 0.2) is 5.78 Å². The molecule has 0 saturated carbocycles. The molecule has 5 heteroatoms. The van der Waals surface area contributed by atoms with Crippen molar-refractivity contribution in [3.8, 4) is 0 Å². The lowest BCUT2D eigenvalue weighted by molar-refractivity contribution is -0.123. The molecule has 1 atom stereocenters. The van der Waals surface area contributed by atoms with Crippen molar-refractivity contribution in [2.24, 2.45) is 0 Å². The molecule has 1 heterocycles. The average Bonchev–Trinajstić information content (AvgIpc) is 2.73. The standard InChI is InChI=1S/C24H31N3O2/c1-4-23(21-7-5-18(2)6-8-21)25-24(29)17-26-13-15-27(16-14-26)22-11-9-20(10-12-22)19(3)28/h5-12,23H,4,13-17H2,1-3H3,(H,25,29)/t23-/m0/s1. The summed E-state index contributed by atoms with van der Waals surface area (Å²) in [5.41, 5.74) is 4.25. The van der Waals surface area contributed by atoms with Crippen LogP contribution in [-0.2, 0) is 4.79 Å². The van der Waals surface area contributed by atoms with E-state index >= 15 is 0 Å². The van der Waals surface area contributed by atoms with Crippen molar-refractivity contribution in [3.63, 3.8) is 0 Å². The zero-order valence-electron chi connectivity index (χ0n) is 17.6. The number of hydrogen-bond acceptors (Lipinski definition) is 4. The lowest BCUT2D eigenvalue weighted by Gasteiger charge is -2.36. The van der Waals surface area contributed by atoms with Crippen molar-refractivity contribution in [2.75, 3.05) is 37.6 Å². The molecule has 154 valence electrons. The van der Waals surface area contributed by atoms with Gasteiger partial charge in [0.05, 0.1) is 12.6 Å². The fourth-order valence-corrected chi connectivity index (χ4v) is 3.73. The van der Waals surface area contributed by atoms with Gasteiger partial charge in [-0.1, -0.05) is 36.8 Å². The summed E-state index contributed by atoms with van der Waals surface area (Å²) < 4.78 is 0. The minimum Gasteiger partial charge on any atom is -0.369 e. The number of piperazine rings is 1. The largest absolute Gasteiger partial charge is 0.369 e. The van der Waals surface area contributed by atoms with Crippen molar-refractivity contribution in [1.82, 2.24) is 10.2 Å². The highest BCUT2D eigenvalue weighted by atomic mass is 16.2. The normalized spacial score (nSPS) is 15.8. The van der Waals surface area contributed by atoms with E-state index in [0.29, 0.717) is 6.54 Å². The Morgan fingerprint density at radius 3 is 2.14 bits per heavy atom. The molecule has 0 aliphatic carbocycles. The number of nitrogens with zero attached hydrogens (tertiary/aromatic N) is 2. The van der Waals surface area contributed by atoms with Crippen LogP contribution in [0.4, 0.5) is 5.69 Å². The van der Waals surface area contributed by atoms with E-state index < -0.39 is 0 Å². The third-order valence-electron chi connectivity index (χ3n) is 5.60. The van der Waals surface area contributed by atoms with Crippen LogP contribution in [-0.4, -0.2) is 49.3 Å². The zero-order valence-corrected chi connectivity index (χ0v) is 17.6. The third kappa shape index (κ3) is 5.67. The molecule has 0 bridgehead atoms. The summed E-state index contributed by atoms with van der Waals surface area (Å²) in [5.74, 6) is 0.167. The van der Waals surface area contributed by atoms with Gasteiger partial charge in [0, 0.05) is 37.4 Å². The molecule has 29 heavy (non-hydrogen) atoms. The number of hydrogen-bond donors (Lipinski definition) is 1. The second kappa shape index (κ2) is 9.70. The molecule has 2 aromatic carbocycles. The number of carbonyl (C=O) groups excluding carboxylic acids is 2. The molecule has 1 aliphatic heterocycles. The first-order valence-electron chi connectivity index (χ1n) is 10.4.